The molecule has 1 unspecified atom stereocenters. The van der Waals surface area contributed by atoms with Gasteiger partial charge in [-0.25, -0.2) is 0 Å². The van der Waals surface area contributed by atoms with Crippen LogP contribution in [0.2, 0.25) is 0 Å². The fraction of sp³-hybridized carbons (Fsp3) is 0.385. The van der Waals surface area contributed by atoms with E-state index in [1.54, 1.807) is 18.2 Å². The first-order valence-electron chi connectivity index (χ1n) is 5.94. The highest BCUT2D eigenvalue weighted by molar-refractivity contribution is 6.01. The van der Waals surface area contributed by atoms with Crippen LogP contribution < -0.4 is 16.0 Å². The Morgan fingerprint density at radius 3 is 3.06 bits per heavy atom. The minimum absolute atomic E-state index is 0.0307. The number of anilines is 2. The van der Waals surface area contributed by atoms with E-state index in [-0.39, 0.29) is 11.9 Å². The van der Waals surface area contributed by atoms with Crippen LogP contribution in [-0.4, -0.2) is 25.0 Å². The summed E-state index contributed by atoms with van der Waals surface area (Å²) in [6, 6.07) is 7.48. The average molecular weight is 244 g/mol. The number of rotatable bonds is 3. The molecule has 1 aliphatic rings. The minimum atomic E-state index is -0.0307. The van der Waals surface area contributed by atoms with Crippen molar-refractivity contribution in [2.45, 2.75) is 19.4 Å². The number of amides is 1. The molecule has 3 N–H and O–H groups in total. The molecule has 5 nitrogen and oxygen atoms in total. The van der Waals surface area contributed by atoms with Gasteiger partial charge < -0.3 is 16.0 Å². The molecule has 0 radical (unpaired) electrons. The van der Waals surface area contributed by atoms with Gasteiger partial charge in [-0.3, -0.25) is 4.79 Å². The molecule has 5 heteroatoms. The average Bonchev–Trinajstić information content (AvgIpc) is 2.35. The maximum Gasteiger partial charge on any atom is 0.243 e. The van der Waals surface area contributed by atoms with Crippen LogP contribution in [0.5, 0.6) is 0 Å². The number of nitrogens with zero attached hydrogens (tertiary/aromatic N) is 2. The van der Waals surface area contributed by atoms with E-state index in [0.717, 1.165) is 17.8 Å². The summed E-state index contributed by atoms with van der Waals surface area (Å²) in [4.78, 5) is 13.6. The normalized spacial score (nSPS) is 15.6. The molecule has 0 bridgehead atoms. The summed E-state index contributed by atoms with van der Waals surface area (Å²) < 4.78 is 0. The first-order valence-corrected chi connectivity index (χ1v) is 5.94. The Labute approximate surface area is 106 Å². The van der Waals surface area contributed by atoms with Gasteiger partial charge in [0.25, 0.3) is 0 Å². The summed E-state index contributed by atoms with van der Waals surface area (Å²) in [5, 5.41) is 11.7. The van der Waals surface area contributed by atoms with E-state index >= 15 is 0 Å². The molecule has 0 spiro atoms. The highest BCUT2D eigenvalue weighted by Crippen LogP contribution is 2.30. The lowest BCUT2D eigenvalue weighted by Crippen LogP contribution is -2.40. The van der Waals surface area contributed by atoms with Crippen molar-refractivity contribution in [3.8, 4) is 6.07 Å². The number of nitriles is 1. The zero-order valence-electron chi connectivity index (χ0n) is 10.3. The molecule has 18 heavy (non-hydrogen) atoms. The molecule has 1 heterocycles. The lowest BCUT2D eigenvalue weighted by molar-refractivity contribution is -0.115. The van der Waals surface area contributed by atoms with Crippen LogP contribution >= 0.6 is 0 Å². The molecule has 2 rings (SSSR count). The highest BCUT2D eigenvalue weighted by atomic mass is 16.2. The third-order valence-corrected chi connectivity index (χ3v) is 2.93. The summed E-state index contributed by atoms with van der Waals surface area (Å²) in [7, 11) is 0. The van der Waals surface area contributed by atoms with Gasteiger partial charge in [0, 0.05) is 12.6 Å². The zero-order valence-corrected chi connectivity index (χ0v) is 10.3. The Balaban J connectivity index is 2.28. The molecule has 1 atom stereocenters. The Hall–Kier alpha value is -2.06. The van der Waals surface area contributed by atoms with E-state index < -0.39 is 0 Å². The van der Waals surface area contributed by atoms with E-state index in [1.807, 2.05) is 11.8 Å². The maximum absolute atomic E-state index is 11.6. The van der Waals surface area contributed by atoms with Gasteiger partial charge in [-0.1, -0.05) is 0 Å². The molecule has 1 aliphatic heterocycles. The van der Waals surface area contributed by atoms with Gasteiger partial charge in [0.05, 0.1) is 29.6 Å². The van der Waals surface area contributed by atoms with E-state index in [9.17, 15) is 4.79 Å². The van der Waals surface area contributed by atoms with Gasteiger partial charge in [-0.15, -0.1) is 0 Å². The lowest BCUT2D eigenvalue weighted by atomic mass is 10.1. The summed E-state index contributed by atoms with van der Waals surface area (Å²) in [6.07, 6.45) is 0.809. The Morgan fingerprint density at radius 1 is 1.61 bits per heavy atom. The number of hydrogen-bond acceptors (Lipinski definition) is 4. The molecule has 0 fully saturated rings. The molecule has 0 aromatic heterocycles. The standard InChI is InChI=1S/C13H16N4O/c1-9(15)4-5-17-8-13(18)16-11-3-2-10(7-14)6-12(11)17/h2-3,6,9H,4-5,8,15H2,1H3,(H,16,18). The van der Waals surface area contributed by atoms with Crippen molar-refractivity contribution < 1.29 is 4.79 Å². The topological polar surface area (TPSA) is 82.2 Å². The lowest BCUT2D eigenvalue weighted by Gasteiger charge is -2.31. The van der Waals surface area contributed by atoms with Crippen molar-refractivity contribution in [1.82, 2.24) is 0 Å². The second-order valence-electron chi connectivity index (χ2n) is 4.58. The molecule has 94 valence electrons. The molecule has 0 aliphatic carbocycles. The van der Waals surface area contributed by atoms with Gasteiger partial charge in [-0.2, -0.15) is 5.26 Å². The predicted octanol–water partition coefficient (Wildman–Crippen LogP) is 1.05. The van der Waals surface area contributed by atoms with Crippen LogP contribution in [0.4, 0.5) is 11.4 Å². The summed E-state index contributed by atoms with van der Waals surface area (Å²) >= 11 is 0. The first kappa shape index (κ1) is 12.4. The van der Waals surface area contributed by atoms with Gasteiger partial charge in [-0.05, 0) is 31.5 Å². The number of hydrogen-bond donors (Lipinski definition) is 2. The third kappa shape index (κ3) is 2.60. The van der Waals surface area contributed by atoms with Crippen molar-refractivity contribution in [3.05, 3.63) is 23.8 Å². The Kier molecular flexibility index (Phi) is 3.49. The van der Waals surface area contributed by atoms with Crippen molar-refractivity contribution in [3.63, 3.8) is 0 Å². The number of carbonyl (C=O) groups excluding carboxylic acids is 1. The maximum atomic E-state index is 11.6. The molecule has 0 saturated carbocycles. The van der Waals surface area contributed by atoms with E-state index in [0.29, 0.717) is 18.7 Å². The van der Waals surface area contributed by atoms with Crippen molar-refractivity contribution in [1.29, 1.82) is 5.26 Å². The smallest absolute Gasteiger partial charge is 0.243 e. The van der Waals surface area contributed by atoms with Gasteiger partial charge >= 0.3 is 0 Å². The molecule has 1 aromatic rings. The SMILES string of the molecule is CC(N)CCN1CC(=O)Nc2ccc(C#N)cc21. The fourth-order valence-corrected chi connectivity index (χ4v) is 1.98. The van der Waals surface area contributed by atoms with Gasteiger partial charge in [0.2, 0.25) is 5.91 Å². The van der Waals surface area contributed by atoms with Crippen LogP contribution in [0.1, 0.15) is 18.9 Å². The van der Waals surface area contributed by atoms with Crippen LogP contribution in [-0.2, 0) is 4.79 Å². The van der Waals surface area contributed by atoms with Crippen molar-refractivity contribution >= 4 is 17.3 Å². The minimum Gasteiger partial charge on any atom is -0.360 e. The van der Waals surface area contributed by atoms with E-state index in [4.69, 9.17) is 11.0 Å². The van der Waals surface area contributed by atoms with Crippen molar-refractivity contribution in [2.75, 3.05) is 23.3 Å². The highest BCUT2D eigenvalue weighted by Gasteiger charge is 2.22. The second-order valence-corrected chi connectivity index (χ2v) is 4.58. The number of nitrogens with two attached hydrogens (primary N) is 1. The molecular formula is C13H16N4O. The first-order chi connectivity index (χ1) is 8.60. The van der Waals surface area contributed by atoms with Gasteiger partial charge in [0.15, 0.2) is 0 Å². The number of benzene rings is 1. The number of nitrogens with one attached hydrogen (secondary N) is 1. The van der Waals surface area contributed by atoms with Gasteiger partial charge in [0.1, 0.15) is 0 Å². The number of carbonyl (C=O) groups is 1. The second kappa shape index (κ2) is 5.07. The zero-order chi connectivity index (χ0) is 13.1. The molecule has 1 aromatic carbocycles. The third-order valence-electron chi connectivity index (χ3n) is 2.93. The monoisotopic (exact) mass is 244 g/mol. The molecule has 0 saturated heterocycles. The fourth-order valence-electron chi connectivity index (χ4n) is 1.98. The van der Waals surface area contributed by atoms with Crippen molar-refractivity contribution in [2.24, 2.45) is 5.73 Å². The van der Waals surface area contributed by atoms with Crippen LogP contribution in [0, 0.1) is 11.3 Å². The predicted molar refractivity (Wildman–Crippen MR) is 70.3 cm³/mol. The molecular weight excluding hydrogens is 228 g/mol. The quantitative estimate of drug-likeness (QED) is 0.832. The summed E-state index contributed by atoms with van der Waals surface area (Å²) in [5.74, 6) is -0.0307. The largest absolute Gasteiger partial charge is 0.360 e. The van der Waals surface area contributed by atoms with Crippen LogP contribution in [0.15, 0.2) is 18.2 Å². The van der Waals surface area contributed by atoms with Crippen LogP contribution in [0.3, 0.4) is 0 Å². The number of fused-ring (bicyclic) bond motifs is 1. The summed E-state index contributed by atoms with van der Waals surface area (Å²) in [5.41, 5.74) is 7.99. The Morgan fingerprint density at radius 2 is 2.39 bits per heavy atom. The Bertz CT molecular complexity index is 504. The summed E-state index contributed by atoms with van der Waals surface area (Å²) in [6.45, 7) is 2.97. The van der Waals surface area contributed by atoms with E-state index in [2.05, 4.69) is 11.4 Å². The molecule has 1 amide bonds. The van der Waals surface area contributed by atoms with E-state index in [1.165, 1.54) is 0 Å². The van der Waals surface area contributed by atoms with Crippen LogP contribution in [0.25, 0.3) is 0 Å².